The number of benzene rings is 3. The number of anilines is 2. The second-order valence-corrected chi connectivity index (χ2v) is 7.06. The molecule has 4 nitrogen and oxygen atoms in total. The van der Waals surface area contributed by atoms with Crippen molar-refractivity contribution >= 4 is 21.5 Å². The summed E-state index contributed by atoms with van der Waals surface area (Å²) in [6, 6.07) is 21.6. The fraction of sp³-hybridized carbons (Fsp3) is 0.0526. The standard InChI is InChI=1S/C19H14F3NO3S/c20-19(21,22)27(24,25)26-18-16(14-8-3-1-4-9-14)12-7-13-17(18)23-15-10-5-2-6-11-15/h1-13,23H. The smallest absolute Gasteiger partial charge is 0.373 e. The van der Waals surface area contributed by atoms with Crippen molar-refractivity contribution in [1.82, 2.24) is 0 Å². The lowest BCUT2D eigenvalue weighted by atomic mass is 10.0. The van der Waals surface area contributed by atoms with Gasteiger partial charge in [0, 0.05) is 11.3 Å². The summed E-state index contributed by atoms with van der Waals surface area (Å²) in [6.45, 7) is 0. The van der Waals surface area contributed by atoms with E-state index in [9.17, 15) is 21.6 Å². The molecule has 0 aromatic heterocycles. The van der Waals surface area contributed by atoms with Crippen LogP contribution in [0.1, 0.15) is 0 Å². The number of nitrogens with one attached hydrogen (secondary N) is 1. The molecule has 8 heteroatoms. The van der Waals surface area contributed by atoms with Crippen LogP contribution in [0.4, 0.5) is 24.5 Å². The molecule has 0 aliphatic rings. The third-order valence-corrected chi connectivity index (χ3v) is 4.58. The summed E-state index contributed by atoms with van der Waals surface area (Å²) >= 11 is 0. The second-order valence-electron chi connectivity index (χ2n) is 5.52. The number of halogens is 3. The highest BCUT2D eigenvalue weighted by atomic mass is 32.2. The van der Waals surface area contributed by atoms with E-state index in [1.807, 2.05) is 0 Å². The van der Waals surface area contributed by atoms with Crippen molar-refractivity contribution in [3.8, 4) is 16.9 Å². The minimum Gasteiger partial charge on any atom is -0.373 e. The van der Waals surface area contributed by atoms with E-state index in [1.54, 1.807) is 66.7 Å². The Morgan fingerprint density at radius 1 is 0.778 bits per heavy atom. The van der Waals surface area contributed by atoms with Crippen molar-refractivity contribution in [3.63, 3.8) is 0 Å². The van der Waals surface area contributed by atoms with Gasteiger partial charge in [0.05, 0.1) is 5.69 Å². The molecule has 3 rings (SSSR count). The first kappa shape index (κ1) is 18.8. The predicted octanol–water partition coefficient (Wildman–Crippen LogP) is 5.33. The van der Waals surface area contributed by atoms with E-state index in [0.29, 0.717) is 11.3 Å². The van der Waals surface area contributed by atoms with Crippen molar-refractivity contribution < 1.29 is 25.8 Å². The van der Waals surface area contributed by atoms with Crippen LogP contribution in [0.25, 0.3) is 11.1 Å². The minimum atomic E-state index is -5.84. The van der Waals surface area contributed by atoms with Crippen LogP contribution in [-0.2, 0) is 10.1 Å². The van der Waals surface area contributed by atoms with E-state index in [0.717, 1.165) is 0 Å². The maximum absolute atomic E-state index is 12.9. The molecule has 3 aromatic carbocycles. The molecular formula is C19H14F3NO3S. The van der Waals surface area contributed by atoms with Gasteiger partial charge in [-0.2, -0.15) is 21.6 Å². The summed E-state index contributed by atoms with van der Waals surface area (Å²) < 4.78 is 66.4. The van der Waals surface area contributed by atoms with E-state index >= 15 is 0 Å². The van der Waals surface area contributed by atoms with Crippen molar-refractivity contribution in [2.75, 3.05) is 5.32 Å². The number of hydrogen-bond acceptors (Lipinski definition) is 4. The van der Waals surface area contributed by atoms with Crippen LogP contribution in [-0.4, -0.2) is 13.9 Å². The second kappa shape index (κ2) is 7.32. The molecular weight excluding hydrogens is 379 g/mol. The van der Waals surface area contributed by atoms with Gasteiger partial charge in [-0.3, -0.25) is 0 Å². The van der Waals surface area contributed by atoms with Crippen molar-refractivity contribution in [2.45, 2.75) is 5.51 Å². The monoisotopic (exact) mass is 393 g/mol. The van der Waals surface area contributed by atoms with Gasteiger partial charge < -0.3 is 9.50 Å². The maximum Gasteiger partial charge on any atom is 0.534 e. The zero-order valence-corrected chi connectivity index (χ0v) is 14.6. The lowest BCUT2D eigenvalue weighted by Gasteiger charge is -2.18. The SMILES string of the molecule is O=S(=O)(Oc1c(Nc2ccccc2)cccc1-c1ccccc1)C(F)(F)F. The van der Waals surface area contributed by atoms with Gasteiger partial charge in [0.2, 0.25) is 0 Å². The molecule has 0 amide bonds. The molecule has 0 unspecified atom stereocenters. The van der Waals surface area contributed by atoms with Crippen molar-refractivity contribution in [3.05, 3.63) is 78.9 Å². The van der Waals surface area contributed by atoms with Gasteiger partial charge in [-0.05, 0) is 23.8 Å². The van der Waals surface area contributed by atoms with Crippen molar-refractivity contribution in [2.24, 2.45) is 0 Å². The number of alkyl halides is 3. The van der Waals surface area contributed by atoms with Gasteiger partial charge in [-0.25, -0.2) is 0 Å². The molecule has 0 aliphatic heterocycles. The van der Waals surface area contributed by atoms with Gasteiger partial charge in [0.25, 0.3) is 0 Å². The molecule has 0 saturated carbocycles. The quantitative estimate of drug-likeness (QED) is 0.471. The number of para-hydroxylation sites is 2. The number of rotatable bonds is 5. The fourth-order valence-corrected chi connectivity index (χ4v) is 2.90. The Balaban J connectivity index is 2.13. The van der Waals surface area contributed by atoms with Crippen LogP contribution in [0, 0.1) is 0 Å². The van der Waals surface area contributed by atoms with Crippen LogP contribution in [0.15, 0.2) is 78.9 Å². The molecule has 0 atom stereocenters. The third kappa shape index (κ3) is 4.22. The fourth-order valence-electron chi connectivity index (χ4n) is 2.40. The molecule has 0 aliphatic carbocycles. The molecule has 0 fully saturated rings. The summed E-state index contributed by atoms with van der Waals surface area (Å²) in [5.74, 6) is -0.426. The van der Waals surface area contributed by atoms with Crippen molar-refractivity contribution in [1.29, 1.82) is 0 Å². The van der Waals surface area contributed by atoms with Crippen LogP contribution in [0.3, 0.4) is 0 Å². The Morgan fingerprint density at radius 3 is 1.96 bits per heavy atom. The highest BCUT2D eigenvalue weighted by molar-refractivity contribution is 7.88. The molecule has 1 N–H and O–H groups in total. The van der Waals surface area contributed by atoms with Gasteiger partial charge in [0.1, 0.15) is 0 Å². The largest absolute Gasteiger partial charge is 0.534 e. The Hall–Kier alpha value is -3.00. The van der Waals surface area contributed by atoms with Gasteiger partial charge in [-0.1, -0.05) is 60.7 Å². The summed E-state index contributed by atoms with van der Waals surface area (Å²) in [7, 11) is -5.84. The topological polar surface area (TPSA) is 55.4 Å². The van der Waals surface area contributed by atoms with Crippen LogP contribution in [0.2, 0.25) is 0 Å². The highest BCUT2D eigenvalue weighted by Gasteiger charge is 2.49. The van der Waals surface area contributed by atoms with Crippen LogP contribution < -0.4 is 9.50 Å². The Morgan fingerprint density at radius 2 is 1.37 bits per heavy atom. The first-order valence-corrected chi connectivity index (χ1v) is 9.20. The summed E-state index contributed by atoms with van der Waals surface area (Å²) in [6.07, 6.45) is 0. The Kier molecular flexibility index (Phi) is 5.09. The van der Waals surface area contributed by atoms with E-state index in [2.05, 4.69) is 9.50 Å². The molecule has 0 heterocycles. The van der Waals surface area contributed by atoms with E-state index in [4.69, 9.17) is 0 Å². The summed E-state index contributed by atoms with van der Waals surface area (Å²) in [4.78, 5) is 0. The lowest BCUT2D eigenvalue weighted by Crippen LogP contribution is -2.28. The van der Waals surface area contributed by atoms with Gasteiger partial charge >= 0.3 is 15.6 Å². The molecule has 140 valence electrons. The van der Waals surface area contributed by atoms with Gasteiger partial charge in [-0.15, -0.1) is 0 Å². The first-order valence-electron chi connectivity index (χ1n) is 7.79. The molecule has 3 aromatic rings. The Bertz CT molecular complexity index is 1020. The van der Waals surface area contributed by atoms with E-state index < -0.39 is 21.4 Å². The zero-order chi connectivity index (χ0) is 19.5. The van der Waals surface area contributed by atoms with E-state index in [1.165, 1.54) is 12.1 Å². The minimum absolute atomic E-state index is 0.0929. The first-order chi connectivity index (χ1) is 12.8. The molecule has 0 bridgehead atoms. The number of hydrogen-bond donors (Lipinski definition) is 1. The highest BCUT2D eigenvalue weighted by Crippen LogP contribution is 2.40. The average molecular weight is 393 g/mol. The average Bonchev–Trinajstić information content (AvgIpc) is 2.63. The normalized spacial score (nSPS) is 11.8. The van der Waals surface area contributed by atoms with Crippen LogP contribution >= 0.6 is 0 Å². The zero-order valence-electron chi connectivity index (χ0n) is 13.8. The van der Waals surface area contributed by atoms with Gasteiger partial charge in [0.15, 0.2) is 5.75 Å². The van der Waals surface area contributed by atoms with E-state index in [-0.39, 0.29) is 11.3 Å². The molecule has 0 saturated heterocycles. The maximum atomic E-state index is 12.9. The van der Waals surface area contributed by atoms with Crippen LogP contribution in [0.5, 0.6) is 5.75 Å². The molecule has 0 spiro atoms. The third-order valence-electron chi connectivity index (χ3n) is 3.63. The predicted molar refractivity (Wildman–Crippen MR) is 97.2 cm³/mol. The Labute approximate surface area is 154 Å². The molecule has 0 radical (unpaired) electrons. The molecule has 27 heavy (non-hydrogen) atoms. The summed E-state index contributed by atoms with van der Waals surface area (Å²) in [5.41, 5.74) is -4.15. The lowest BCUT2D eigenvalue weighted by molar-refractivity contribution is -0.0499. The summed E-state index contributed by atoms with van der Waals surface area (Å²) in [5, 5.41) is 2.90.